The van der Waals surface area contributed by atoms with E-state index in [4.69, 9.17) is 0 Å². The van der Waals surface area contributed by atoms with Gasteiger partial charge < -0.3 is 9.47 Å². The standard InChI is InChI=1S/C16H20N4OS/c1-19(2)15(21)13(11-7-5-4-6-8-11)22-16-18-17-14(20(16)3)12-9-10-12/h4-8,12-13H,9-10H2,1-3H3/t13-/m0/s1. The van der Waals surface area contributed by atoms with E-state index < -0.39 is 0 Å². The number of thioether (sulfide) groups is 1. The first-order valence-electron chi connectivity index (χ1n) is 7.40. The predicted molar refractivity (Wildman–Crippen MR) is 86.7 cm³/mol. The largest absolute Gasteiger partial charge is 0.348 e. The zero-order chi connectivity index (χ0) is 15.7. The van der Waals surface area contributed by atoms with Crippen LogP contribution in [0, 0.1) is 0 Å². The fourth-order valence-corrected chi connectivity index (χ4v) is 3.51. The molecule has 1 aromatic carbocycles. The molecule has 0 spiro atoms. The maximum Gasteiger partial charge on any atom is 0.240 e. The van der Waals surface area contributed by atoms with Gasteiger partial charge in [-0.1, -0.05) is 42.1 Å². The molecule has 0 radical (unpaired) electrons. The van der Waals surface area contributed by atoms with Crippen molar-refractivity contribution in [3.05, 3.63) is 41.7 Å². The van der Waals surface area contributed by atoms with Gasteiger partial charge in [0.05, 0.1) is 0 Å². The van der Waals surface area contributed by atoms with Gasteiger partial charge in [-0.15, -0.1) is 10.2 Å². The van der Waals surface area contributed by atoms with Crippen molar-refractivity contribution in [1.82, 2.24) is 19.7 Å². The predicted octanol–water partition coefficient (Wildman–Crippen LogP) is 2.61. The highest BCUT2D eigenvalue weighted by atomic mass is 32.2. The monoisotopic (exact) mass is 316 g/mol. The SMILES string of the molecule is CN(C)C(=O)[C@@H](Sc1nnc(C2CC2)n1C)c1ccccc1. The van der Waals surface area contributed by atoms with Gasteiger partial charge in [0.15, 0.2) is 5.16 Å². The molecule has 1 aliphatic rings. The number of rotatable bonds is 5. The molecule has 1 atom stereocenters. The number of hydrogen-bond acceptors (Lipinski definition) is 4. The first-order valence-corrected chi connectivity index (χ1v) is 8.28. The van der Waals surface area contributed by atoms with E-state index in [1.165, 1.54) is 24.6 Å². The van der Waals surface area contributed by atoms with Crippen molar-refractivity contribution in [2.24, 2.45) is 7.05 Å². The zero-order valence-electron chi connectivity index (χ0n) is 13.1. The van der Waals surface area contributed by atoms with E-state index in [1.807, 2.05) is 41.9 Å². The third-order valence-corrected chi connectivity index (χ3v) is 5.08. The smallest absolute Gasteiger partial charge is 0.240 e. The van der Waals surface area contributed by atoms with Crippen LogP contribution in [0.1, 0.15) is 35.4 Å². The van der Waals surface area contributed by atoms with E-state index >= 15 is 0 Å². The molecule has 1 heterocycles. The van der Waals surface area contributed by atoms with Gasteiger partial charge in [0.25, 0.3) is 0 Å². The number of benzene rings is 1. The van der Waals surface area contributed by atoms with Crippen molar-refractivity contribution >= 4 is 17.7 Å². The van der Waals surface area contributed by atoms with E-state index in [0.29, 0.717) is 5.92 Å². The lowest BCUT2D eigenvalue weighted by Crippen LogP contribution is -2.26. The van der Waals surface area contributed by atoms with E-state index in [2.05, 4.69) is 10.2 Å². The minimum atomic E-state index is -0.300. The quantitative estimate of drug-likeness (QED) is 0.796. The van der Waals surface area contributed by atoms with Crippen molar-refractivity contribution in [3.63, 3.8) is 0 Å². The van der Waals surface area contributed by atoms with Gasteiger partial charge >= 0.3 is 0 Å². The average Bonchev–Trinajstić information content (AvgIpc) is 3.30. The zero-order valence-corrected chi connectivity index (χ0v) is 13.9. The fraction of sp³-hybridized carbons (Fsp3) is 0.438. The lowest BCUT2D eigenvalue weighted by molar-refractivity contribution is -0.128. The number of carbonyl (C=O) groups is 1. The number of hydrogen-bond donors (Lipinski definition) is 0. The Kier molecular flexibility index (Phi) is 4.20. The summed E-state index contributed by atoms with van der Waals surface area (Å²) in [5.74, 6) is 1.64. The fourth-order valence-electron chi connectivity index (χ4n) is 2.35. The summed E-state index contributed by atoms with van der Waals surface area (Å²) in [5, 5.41) is 9.08. The molecular weight excluding hydrogens is 296 g/mol. The first kappa shape index (κ1) is 15.1. The summed E-state index contributed by atoms with van der Waals surface area (Å²) < 4.78 is 2.03. The Bertz CT molecular complexity index is 664. The molecule has 1 aliphatic carbocycles. The lowest BCUT2D eigenvalue weighted by Gasteiger charge is -2.20. The molecule has 1 aromatic heterocycles. The number of likely N-dealkylation sites (N-methyl/N-ethyl adjacent to an activating group) is 1. The number of aromatic nitrogens is 3. The molecule has 0 saturated heterocycles. The molecule has 1 amide bonds. The van der Waals surface area contributed by atoms with Gasteiger partial charge in [0, 0.05) is 27.1 Å². The summed E-state index contributed by atoms with van der Waals surface area (Å²) in [6.07, 6.45) is 2.38. The average molecular weight is 316 g/mol. The number of nitrogens with zero attached hydrogens (tertiary/aromatic N) is 4. The van der Waals surface area contributed by atoms with Crippen molar-refractivity contribution in [1.29, 1.82) is 0 Å². The highest BCUT2D eigenvalue weighted by Gasteiger charge is 2.31. The molecule has 116 valence electrons. The maximum absolute atomic E-state index is 12.6. The van der Waals surface area contributed by atoms with Crippen LogP contribution >= 0.6 is 11.8 Å². The van der Waals surface area contributed by atoms with Crippen molar-refractivity contribution in [2.75, 3.05) is 14.1 Å². The van der Waals surface area contributed by atoms with Crippen molar-refractivity contribution in [3.8, 4) is 0 Å². The highest BCUT2D eigenvalue weighted by molar-refractivity contribution is 8.00. The van der Waals surface area contributed by atoms with Crippen LogP contribution in [-0.2, 0) is 11.8 Å². The highest BCUT2D eigenvalue weighted by Crippen LogP contribution is 2.41. The van der Waals surface area contributed by atoms with Crippen molar-refractivity contribution < 1.29 is 4.79 Å². The van der Waals surface area contributed by atoms with Crippen LogP contribution in [0.15, 0.2) is 35.5 Å². The molecule has 2 aromatic rings. The van der Waals surface area contributed by atoms with Gasteiger partial charge in [0.1, 0.15) is 11.1 Å². The van der Waals surface area contributed by atoms with Crippen LogP contribution in [0.3, 0.4) is 0 Å². The summed E-state index contributed by atoms with van der Waals surface area (Å²) in [5.41, 5.74) is 0.988. The molecule has 0 bridgehead atoms. The van der Waals surface area contributed by atoms with Crippen LogP contribution in [0.25, 0.3) is 0 Å². The summed E-state index contributed by atoms with van der Waals surface area (Å²) >= 11 is 1.47. The van der Waals surface area contributed by atoms with Crippen molar-refractivity contribution in [2.45, 2.75) is 29.2 Å². The lowest BCUT2D eigenvalue weighted by atomic mass is 10.1. The molecule has 0 N–H and O–H groups in total. The molecule has 6 heteroatoms. The first-order chi connectivity index (χ1) is 10.6. The third-order valence-electron chi connectivity index (χ3n) is 3.80. The van der Waals surface area contributed by atoms with Gasteiger partial charge in [-0.25, -0.2) is 0 Å². The molecular formula is C16H20N4OS. The van der Waals surface area contributed by atoms with Gasteiger partial charge in [-0.3, -0.25) is 4.79 Å². The van der Waals surface area contributed by atoms with E-state index in [0.717, 1.165) is 16.5 Å². The molecule has 1 fully saturated rings. The third kappa shape index (κ3) is 3.02. The second kappa shape index (κ2) is 6.12. The molecule has 5 nitrogen and oxygen atoms in total. The Labute approximate surface area is 134 Å². The van der Waals surface area contributed by atoms with Crippen LogP contribution in [0.2, 0.25) is 0 Å². The summed E-state index contributed by atoms with van der Waals surface area (Å²) in [6, 6.07) is 9.84. The van der Waals surface area contributed by atoms with Gasteiger partial charge in [-0.2, -0.15) is 0 Å². The van der Waals surface area contributed by atoms with Crippen LogP contribution in [-0.4, -0.2) is 39.7 Å². The Hall–Kier alpha value is -1.82. The normalized spacial score (nSPS) is 15.6. The topological polar surface area (TPSA) is 51.0 Å². The summed E-state index contributed by atoms with van der Waals surface area (Å²) in [7, 11) is 5.55. The Morgan fingerprint density at radius 1 is 1.27 bits per heavy atom. The van der Waals surface area contributed by atoms with Crippen LogP contribution < -0.4 is 0 Å². The Balaban J connectivity index is 1.88. The van der Waals surface area contributed by atoms with Crippen LogP contribution in [0.4, 0.5) is 0 Å². The molecule has 0 aliphatic heterocycles. The summed E-state index contributed by atoms with van der Waals surface area (Å²) in [4.78, 5) is 14.2. The second-order valence-electron chi connectivity index (χ2n) is 5.82. The second-order valence-corrected chi connectivity index (χ2v) is 6.89. The maximum atomic E-state index is 12.6. The number of amides is 1. The Morgan fingerprint density at radius 2 is 1.95 bits per heavy atom. The van der Waals surface area contributed by atoms with Gasteiger partial charge in [-0.05, 0) is 18.4 Å². The van der Waals surface area contributed by atoms with Gasteiger partial charge in [0.2, 0.25) is 5.91 Å². The minimum absolute atomic E-state index is 0.0622. The Morgan fingerprint density at radius 3 is 2.55 bits per heavy atom. The molecule has 0 unspecified atom stereocenters. The van der Waals surface area contributed by atoms with E-state index in [1.54, 1.807) is 19.0 Å². The van der Waals surface area contributed by atoms with Crippen LogP contribution in [0.5, 0.6) is 0 Å². The molecule has 22 heavy (non-hydrogen) atoms. The molecule has 1 saturated carbocycles. The van der Waals surface area contributed by atoms with E-state index in [-0.39, 0.29) is 11.2 Å². The summed E-state index contributed by atoms with van der Waals surface area (Å²) in [6.45, 7) is 0. The molecule has 3 rings (SSSR count). The number of carbonyl (C=O) groups excluding carboxylic acids is 1. The minimum Gasteiger partial charge on any atom is -0.348 e. The van der Waals surface area contributed by atoms with E-state index in [9.17, 15) is 4.79 Å².